The molecule has 0 saturated carbocycles. The number of carbonyl (C=O) groups is 3. The minimum absolute atomic E-state index is 0.0201. The van der Waals surface area contributed by atoms with Crippen LogP contribution in [0.15, 0.2) is 24.3 Å². The molecule has 1 aliphatic heterocycles. The summed E-state index contributed by atoms with van der Waals surface area (Å²) in [5, 5.41) is 5.52. The Hall–Kier alpha value is -2.37. The standard InChI is InChI=1S/C18H25N3O3/c1-5-6-13(3)19-15(22)11-21-16(23)18(4,20-17(21)24)14-9-7-12(2)8-10-14/h7-10,13H,5-6,11H2,1-4H3,(H,19,22)(H,20,24)/t13-,18-/m1/s1. The lowest BCUT2D eigenvalue weighted by Crippen LogP contribution is -2.44. The van der Waals surface area contributed by atoms with Crippen LogP contribution in [0.25, 0.3) is 0 Å². The van der Waals surface area contributed by atoms with Crippen LogP contribution in [0.2, 0.25) is 0 Å². The fraction of sp³-hybridized carbons (Fsp3) is 0.500. The molecule has 1 aromatic carbocycles. The van der Waals surface area contributed by atoms with Crippen molar-refractivity contribution >= 4 is 17.8 Å². The van der Waals surface area contributed by atoms with E-state index in [0.717, 1.165) is 23.3 Å². The molecule has 1 fully saturated rings. The second kappa shape index (κ2) is 7.03. The van der Waals surface area contributed by atoms with E-state index in [9.17, 15) is 14.4 Å². The summed E-state index contributed by atoms with van der Waals surface area (Å²) in [5.74, 6) is -0.734. The lowest BCUT2D eigenvalue weighted by atomic mass is 9.91. The third kappa shape index (κ3) is 3.58. The van der Waals surface area contributed by atoms with Gasteiger partial charge in [-0.3, -0.25) is 14.5 Å². The van der Waals surface area contributed by atoms with E-state index in [1.165, 1.54) is 0 Å². The summed E-state index contributed by atoms with van der Waals surface area (Å²) in [6.45, 7) is 7.29. The van der Waals surface area contributed by atoms with Crippen molar-refractivity contribution in [3.8, 4) is 0 Å². The van der Waals surface area contributed by atoms with E-state index in [-0.39, 0.29) is 18.5 Å². The molecule has 2 N–H and O–H groups in total. The van der Waals surface area contributed by atoms with Crippen molar-refractivity contribution < 1.29 is 14.4 Å². The van der Waals surface area contributed by atoms with Crippen LogP contribution in [0.4, 0.5) is 4.79 Å². The molecule has 4 amide bonds. The van der Waals surface area contributed by atoms with E-state index in [1.807, 2.05) is 45.0 Å². The summed E-state index contributed by atoms with van der Waals surface area (Å²) in [5.41, 5.74) is 0.633. The molecule has 2 rings (SSSR count). The Balaban J connectivity index is 2.11. The SMILES string of the molecule is CCC[C@@H](C)NC(=O)CN1C(=O)N[C@](C)(c2ccc(C)cc2)C1=O. The van der Waals surface area contributed by atoms with Crippen LogP contribution in [-0.2, 0) is 15.1 Å². The van der Waals surface area contributed by atoms with Gasteiger partial charge in [-0.2, -0.15) is 0 Å². The van der Waals surface area contributed by atoms with Gasteiger partial charge in [0, 0.05) is 6.04 Å². The highest BCUT2D eigenvalue weighted by molar-refractivity contribution is 6.09. The third-order valence-electron chi connectivity index (χ3n) is 4.33. The number of aryl methyl sites for hydroxylation is 1. The summed E-state index contributed by atoms with van der Waals surface area (Å²) in [6, 6.07) is 6.90. The number of carbonyl (C=O) groups excluding carboxylic acids is 3. The maximum atomic E-state index is 12.7. The van der Waals surface area contributed by atoms with E-state index in [0.29, 0.717) is 5.56 Å². The first-order valence-electron chi connectivity index (χ1n) is 8.28. The molecule has 1 saturated heterocycles. The van der Waals surface area contributed by atoms with Crippen molar-refractivity contribution in [2.75, 3.05) is 6.54 Å². The number of amides is 4. The number of imide groups is 1. The number of rotatable bonds is 6. The molecular weight excluding hydrogens is 306 g/mol. The fourth-order valence-corrected chi connectivity index (χ4v) is 2.89. The van der Waals surface area contributed by atoms with Crippen molar-refractivity contribution in [2.45, 2.75) is 52.1 Å². The van der Waals surface area contributed by atoms with Crippen LogP contribution < -0.4 is 10.6 Å². The van der Waals surface area contributed by atoms with E-state index in [2.05, 4.69) is 10.6 Å². The van der Waals surface area contributed by atoms with Crippen molar-refractivity contribution in [3.63, 3.8) is 0 Å². The Kier molecular flexibility index (Phi) is 5.26. The normalized spacial score (nSPS) is 21.6. The third-order valence-corrected chi connectivity index (χ3v) is 4.33. The molecule has 0 spiro atoms. The van der Waals surface area contributed by atoms with E-state index in [4.69, 9.17) is 0 Å². The molecule has 0 bridgehead atoms. The number of hydrogen-bond donors (Lipinski definition) is 2. The Morgan fingerprint density at radius 3 is 2.50 bits per heavy atom. The van der Waals surface area contributed by atoms with Gasteiger partial charge in [-0.15, -0.1) is 0 Å². The maximum Gasteiger partial charge on any atom is 0.325 e. The minimum Gasteiger partial charge on any atom is -0.352 e. The van der Waals surface area contributed by atoms with Crippen molar-refractivity contribution in [2.24, 2.45) is 0 Å². The van der Waals surface area contributed by atoms with Crippen LogP contribution >= 0.6 is 0 Å². The monoisotopic (exact) mass is 331 g/mol. The zero-order chi connectivity index (χ0) is 17.9. The quantitative estimate of drug-likeness (QED) is 0.783. The minimum atomic E-state index is -1.14. The van der Waals surface area contributed by atoms with Gasteiger partial charge < -0.3 is 10.6 Å². The summed E-state index contributed by atoms with van der Waals surface area (Å²) in [7, 11) is 0. The fourth-order valence-electron chi connectivity index (χ4n) is 2.89. The first-order chi connectivity index (χ1) is 11.3. The number of nitrogens with zero attached hydrogens (tertiary/aromatic N) is 1. The van der Waals surface area contributed by atoms with Crippen molar-refractivity contribution in [1.82, 2.24) is 15.5 Å². The average molecular weight is 331 g/mol. The second-order valence-electron chi connectivity index (χ2n) is 6.57. The first-order valence-corrected chi connectivity index (χ1v) is 8.28. The molecule has 24 heavy (non-hydrogen) atoms. The lowest BCUT2D eigenvalue weighted by Gasteiger charge is -2.22. The van der Waals surface area contributed by atoms with Gasteiger partial charge in [-0.05, 0) is 32.8 Å². The molecular formula is C18H25N3O3. The van der Waals surface area contributed by atoms with Gasteiger partial charge in [0.25, 0.3) is 5.91 Å². The van der Waals surface area contributed by atoms with Crippen LogP contribution in [0, 0.1) is 6.92 Å². The number of nitrogens with one attached hydrogen (secondary N) is 2. The molecule has 1 heterocycles. The molecule has 1 aliphatic rings. The van der Waals surface area contributed by atoms with Gasteiger partial charge in [-0.1, -0.05) is 43.2 Å². The topological polar surface area (TPSA) is 78.5 Å². The Labute approximate surface area is 142 Å². The van der Waals surface area contributed by atoms with Gasteiger partial charge in [0.15, 0.2) is 0 Å². The summed E-state index contributed by atoms with van der Waals surface area (Å²) in [4.78, 5) is 38.0. The Morgan fingerprint density at radius 2 is 1.92 bits per heavy atom. The van der Waals surface area contributed by atoms with Crippen molar-refractivity contribution in [3.05, 3.63) is 35.4 Å². The van der Waals surface area contributed by atoms with E-state index < -0.39 is 17.5 Å². The van der Waals surface area contributed by atoms with Gasteiger partial charge in [0.1, 0.15) is 12.1 Å². The molecule has 1 aromatic rings. The van der Waals surface area contributed by atoms with Crippen LogP contribution in [0.1, 0.15) is 44.7 Å². The zero-order valence-corrected chi connectivity index (χ0v) is 14.7. The molecule has 0 radical (unpaired) electrons. The molecule has 2 atom stereocenters. The highest BCUT2D eigenvalue weighted by Gasteiger charge is 2.49. The van der Waals surface area contributed by atoms with Crippen molar-refractivity contribution in [1.29, 1.82) is 0 Å². The highest BCUT2D eigenvalue weighted by atomic mass is 16.2. The van der Waals surface area contributed by atoms with Gasteiger partial charge in [-0.25, -0.2) is 4.79 Å². The first kappa shape index (κ1) is 18.0. The predicted octanol–water partition coefficient (Wildman–Crippen LogP) is 2.07. The van der Waals surface area contributed by atoms with Gasteiger partial charge >= 0.3 is 6.03 Å². The zero-order valence-electron chi connectivity index (χ0n) is 14.7. The molecule has 130 valence electrons. The number of benzene rings is 1. The average Bonchev–Trinajstić information content (AvgIpc) is 2.72. The van der Waals surface area contributed by atoms with Gasteiger partial charge in [0.2, 0.25) is 5.91 Å². The molecule has 6 nitrogen and oxygen atoms in total. The molecule has 6 heteroatoms. The van der Waals surface area contributed by atoms with Crippen LogP contribution in [-0.4, -0.2) is 35.3 Å². The highest BCUT2D eigenvalue weighted by Crippen LogP contribution is 2.28. The van der Waals surface area contributed by atoms with Gasteiger partial charge in [0.05, 0.1) is 0 Å². The summed E-state index contributed by atoms with van der Waals surface area (Å²) < 4.78 is 0. The van der Waals surface area contributed by atoms with Crippen LogP contribution in [0.5, 0.6) is 0 Å². The Morgan fingerprint density at radius 1 is 1.29 bits per heavy atom. The number of hydrogen-bond acceptors (Lipinski definition) is 3. The maximum absolute atomic E-state index is 12.7. The smallest absolute Gasteiger partial charge is 0.325 e. The molecule has 0 unspecified atom stereocenters. The summed E-state index contributed by atoms with van der Waals surface area (Å²) in [6.07, 6.45) is 1.81. The van der Waals surface area contributed by atoms with E-state index >= 15 is 0 Å². The largest absolute Gasteiger partial charge is 0.352 e. The Bertz CT molecular complexity index is 641. The van der Waals surface area contributed by atoms with E-state index in [1.54, 1.807) is 6.92 Å². The lowest BCUT2D eigenvalue weighted by molar-refractivity contribution is -0.135. The number of urea groups is 1. The summed E-state index contributed by atoms with van der Waals surface area (Å²) >= 11 is 0. The van der Waals surface area contributed by atoms with Crippen LogP contribution in [0.3, 0.4) is 0 Å². The predicted molar refractivity (Wildman–Crippen MR) is 91.3 cm³/mol. The second-order valence-corrected chi connectivity index (χ2v) is 6.57. The molecule has 0 aliphatic carbocycles. The molecule has 0 aromatic heterocycles.